The predicted molar refractivity (Wildman–Crippen MR) is 124 cm³/mol. The lowest BCUT2D eigenvalue weighted by atomic mass is 9.81. The molecule has 0 aromatic heterocycles. The fourth-order valence-corrected chi connectivity index (χ4v) is 6.39. The summed E-state index contributed by atoms with van der Waals surface area (Å²) in [5.41, 5.74) is 1.35. The normalized spacial score (nSPS) is 28.1. The van der Waals surface area contributed by atoms with Gasteiger partial charge in [0.05, 0.1) is 5.60 Å². The molecular formula is C26H39N3O2. The number of anilines is 1. The largest absolute Gasteiger partial charge is 0.375 e. The van der Waals surface area contributed by atoms with Crippen LogP contribution in [0.5, 0.6) is 0 Å². The van der Waals surface area contributed by atoms with E-state index in [0.717, 1.165) is 84.4 Å². The standard InChI is InChI=1S/C26H39N3O2/c30-25(22-7-3-1-4-8-22)29-14-12-26(13-15-29)21-24(11-20-31-26)28-18-16-27(17-19-28)23-9-5-2-6-10-23/h2,5-6,9-10,22,24H,1,3-4,7-8,11-21H2/t24-/m0/s1. The Morgan fingerprint density at radius 3 is 2.29 bits per heavy atom. The van der Waals surface area contributed by atoms with Crippen molar-refractivity contribution < 1.29 is 9.53 Å². The van der Waals surface area contributed by atoms with Crippen LogP contribution in [-0.2, 0) is 9.53 Å². The van der Waals surface area contributed by atoms with E-state index >= 15 is 0 Å². The molecule has 1 aromatic carbocycles. The molecule has 1 aromatic rings. The van der Waals surface area contributed by atoms with Gasteiger partial charge in [0.25, 0.3) is 0 Å². The van der Waals surface area contributed by atoms with Crippen molar-refractivity contribution in [2.75, 3.05) is 50.8 Å². The molecular weight excluding hydrogens is 386 g/mol. The van der Waals surface area contributed by atoms with Crippen LogP contribution in [0.3, 0.4) is 0 Å². The zero-order valence-corrected chi connectivity index (χ0v) is 19.0. The van der Waals surface area contributed by atoms with Crippen LogP contribution >= 0.6 is 0 Å². The van der Waals surface area contributed by atoms with E-state index in [1.54, 1.807) is 0 Å². The minimum absolute atomic E-state index is 0.00280. The van der Waals surface area contributed by atoms with Gasteiger partial charge in [-0.05, 0) is 50.7 Å². The molecule has 0 N–H and O–H groups in total. The third-order valence-corrected chi connectivity index (χ3v) is 8.36. The van der Waals surface area contributed by atoms with E-state index in [2.05, 4.69) is 45.0 Å². The first-order valence-electron chi connectivity index (χ1n) is 12.7. The minimum Gasteiger partial charge on any atom is -0.375 e. The van der Waals surface area contributed by atoms with Gasteiger partial charge in [0.1, 0.15) is 0 Å². The summed E-state index contributed by atoms with van der Waals surface area (Å²) in [5.74, 6) is 0.725. The molecule has 0 unspecified atom stereocenters. The molecule has 1 saturated carbocycles. The average Bonchev–Trinajstić information content (AvgIpc) is 2.85. The third kappa shape index (κ3) is 4.78. The molecule has 31 heavy (non-hydrogen) atoms. The molecule has 5 rings (SSSR count). The number of carbonyl (C=O) groups is 1. The molecule has 1 spiro atoms. The second kappa shape index (κ2) is 9.50. The van der Waals surface area contributed by atoms with Crippen molar-refractivity contribution in [3.63, 3.8) is 0 Å². The molecule has 5 heteroatoms. The SMILES string of the molecule is O=C(C1CCCCC1)N1CCC2(CC1)C[C@@H](N1CCN(c3ccccc3)CC1)CCO2. The zero-order chi connectivity index (χ0) is 21.1. The first-order valence-corrected chi connectivity index (χ1v) is 12.7. The van der Waals surface area contributed by atoms with E-state index in [-0.39, 0.29) is 5.60 Å². The van der Waals surface area contributed by atoms with Crippen LogP contribution in [0.25, 0.3) is 0 Å². The van der Waals surface area contributed by atoms with Crippen molar-refractivity contribution >= 4 is 11.6 Å². The van der Waals surface area contributed by atoms with Crippen molar-refractivity contribution in [3.8, 4) is 0 Å². The van der Waals surface area contributed by atoms with Crippen LogP contribution in [-0.4, -0.2) is 73.2 Å². The van der Waals surface area contributed by atoms with E-state index < -0.39 is 0 Å². The summed E-state index contributed by atoms with van der Waals surface area (Å²) >= 11 is 0. The Morgan fingerprint density at radius 2 is 1.58 bits per heavy atom. The van der Waals surface area contributed by atoms with E-state index in [9.17, 15) is 4.79 Å². The second-order valence-corrected chi connectivity index (χ2v) is 10.2. The Kier molecular flexibility index (Phi) is 6.51. The Labute approximate surface area is 187 Å². The molecule has 0 radical (unpaired) electrons. The number of ether oxygens (including phenoxy) is 1. The number of hydrogen-bond donors (Lipinski definition) is 0. The number of amides is 1. The fraction of sp³-hybridized carbons (Fsp3) is 0.731. The summed E-state index contributed by atoms with van der Waals surface area (Å²) in [6.07, 6.45) is 10.3. The number of likely N-dealkylation sites (tertiary alicyclic amines) is 1. The number of hydrogen-bond acceptors (Lipinski definition) is 4. The Hall–Kier alpha value is -1.59. The maximum atomic E-state index is 13.0. The van der Waals surface area contributed by atoms with Crippen molar-refractivity contribution in [1.29, 1.82) is 0 Å². The van der Waals surface area contributed by atoms with Gasteiger partial charge in [-0.15, -0.1) is 0 Å². The fourth-order valence-electron chi connectivity index (χ4n) is 6.39. The first kappa shape index (κ1) is 21.3. The van der Waals surface area contributed by atoms with Gasteiger partial charge >= 0.3 is 0 Å². The molecule has 1 atom stereocenters. The lowest BCUT2D eigenvalue weighted by molar-refractivity contribution is -0.153. The van der Waals surface area contributed by atoms with Crippen LogP contribution in [0.15, 0.2) is 30.3 Å². The van der Waals surface area contributed by atoms with Crippen molar-refractivity contribution in [3.05, 3.63) is 30.3 Å². The lowest BCUT2D eigenvalue weighted by Gasteiger charge is -2.50. The summed E-state index contributed by atoms with van der Waals surface area (Å²) < 4.78 is 6.42. The van der Waals surface area contributed by atoms with Gasteiger partial charge in [-0.1, -0.05) is 37.5 Å². The van der Waals surface area contributed by atoms with Crippen molar-refractivity contribution in [1.82, 2.24) is 9.80 Å². The summed E-state index contributed by atoms with van der Waals surface area (Å²) in [5, 5.41) is 0. The minimum atomic E-state index is 0.00280. The second-order valence-electron chi connectivity index (χ2n) is 10.2. The Morgan fingerprint density at radius 1 is 0.871 bits per heavy atom. The number of rotatable bonds is 3. The molecule has 3 saturated heterocycles. The van der Waals surface area contributed by atoms with Gasteiger partial charge in [-0.25, -0.2) is 0 Å². The van der Waals surface area contributed by atoms with Gasteiger partial charge < -0.3 is 14.5 Å². The van der Waals surface area contributed by atoms with E-state index in [0.29, 0.717) is 17.9 Å². The summed E-state index contributed by atoms with van der Waals surface area (Å²) in [6.45, 7) is 7.16. The van der Waals surface area contributed by atoms with Crippen LogP contribution in [0, 0.1) is 5.92 Å². The number of nitrogens with zero attached hydrogens (tertiary/aromatic N) is 3. The van der Waals surface area contributed by atoms with E-state index in [1.807, 2.05) is 0 Å². The molecule has 5 nitrogen and oxygen atoms in total. The van der Waals surface area contributed by atoms with Gasteiger partial charge in [0.15, 0.2) is 0 Å². The monoisotopic (exact) mass is 425 g/mol. The zero-order valence-electron chi connectivity index (χ0n) is 19.0. The van der Waals surface area contributed by atoms with Crippen LogP contribution < -0.4 is 4.90 Å². The van der Waals surface area contributed by atoms with Crippen LogP contribution in [0.1, 0.15) is 57.8 Å². The number of benzene rings is 1. The third-order valence-electron chi connectivity index (χ3n) is 8.36. The molecule has 3 heterocycles. The number of piperazine rings is 1. The highest BCUT2D eigenvalue weighted by molar-refractivity contribution is 5.79. The van der Waals surface area contributed by atoms with Gasteiger partial charge in [-0.2, -0.15) is 0 Å². The first-order chi connectivity index (χ1) is 15.2. The molecule has 3 aliphatic heterocycles. The van der Waals surface area contributed by atoms with Crippen LogP contribution in [0.2, 0.25) is 0 Å². The molecule has 4 fully saturated rings. The van der Waals surface area contributed by atoms with Crippen molar-refractivity contribution in [2.24, 2.45) is 5.92 Å². The maximum absolute atomic E-state index is 13.0. The lowest BCUT2D eigenvalue weighted by Crippen LogP contribution is -2.57. The molecule has 1 aliphatic carbocycles. The summed E-state index contributed by atoms with van der Waals surface area (Å²) in [4.78, 5) is 20.3. The molecule has 4 aliphatic rings. The quantitative estimate of drug-likeness (QED) is 0.735. The summed E-state index contributed by atoms with van der Waals surface area (Å²) in [6, 6.07) is 11.4. The Balaban J connectivity index is 1.13. The highest BCUT2D eigenvalue weighted by Gasteiger charge is 2.43. The smallest absolute Gasteiger partial charge is 0.225 e. The highest BCUT2D eigenvalue weighted by atomic mass is 16.5. The van der Waals surface area contributed by atoms with Crippen LogP contribution in [0.4, 0.5) is 5.69 Å². The molecule has 0 bridgehead atoms. The van der Waals surface area contributed by atoms with E-state index in [1.165, 1.54) is 24.9 Å². The van der Waals surface area contributed by atoms with Gasteiger partial charge in [-0.3, -0.25) is 9.69 Å². The van der Waals surface area contributed by atoms with Crippen molar-refractivity contribution in [2.45, 2.75) is 69.4 Å². The molecule has 170 valence electrons. The van der Waals surface area contributed by atoms with Gasteiger partial charge in [0, 0.05) is 63.5 Å². The number of carbonyl (C=O) groups excluding carboxylic acids is 1. The van der Waals surface area contributed by atoms with Gasteiger partial charge in [0.2, 0.25) is 5.91 Å². The average molecular weight is 426 g/mol. The maximum Gasteiger partial charge on any atom is 0.225 e. The number of piperidine rings is 1. The van der Waals surface area contributed by atoms with E-state index in [4.69, 9.17) is 4.74 Å². The highest BCUT2D eigenvalue weighted by Crippen LogP contribution is 2.38. The molecule has 1 amide bonds. The Bertz CT molecular complexity index is 717. The topological polar surface area (TPSA) is 36.0 Å². The number of para-hydroxylation sites is 1. The summed E-state index contributed by atoms with van der Waals surface area (Å²) in [7, 11) is 0. The predicted octanol–water partition coefficient (Wildman–Crippen LogP) is 3.93.